The van der Waals surface area contributed by atoms with E-state index < -0.39 is 31.8 Å². The second-order valence-electron chi connectivity index (χ2n) is 5.90. The number of carbonyl (C=O) groups excluding carboxylic acids is 3. The second-order valence-corrected chi connectivity index (χ2v) is 8.31. The van der Waals surface area contributed by atoms with Gasteiger partial charge in [0.15, 0.2) is 0 Å². The first-order valence-corrected chi connectivity index (χ1v) is 11.3. The van der Waals surface area contributed by atoms with Crippen molar-refractivity contribution in [2.75, 3.05) is 26.0 Å². The molecule has 1 aromatic rings. The van der Waals surface area contributed by atoms with E-state index in [0.29, 0.717) is 0 Å². The van der Waals surface area contributed by atoms with E-state index in [2.05, 4.69) is 0 Å². The van der Waals surface area contributed by atoms with Gasteiger partial charge >= 0.3 is 165 Å². The van der Waals surface area contributed by atoms with E-state index in [1.165, 1.54) is 12.1 Å². The Balaban J connectivity index is 2.71. The normalized spacial score (nSPS) is 12.9. The van der Waals surface area contributed by atoms with Crippen molar-refractivity contribution in [2.24, 2.45) is 5.92 Å². The molecule has 1 N–H and O–H groups in total. The summed E-state index contributed by atoms with van der Waals surface area (Å²) in [7, 11) is -3.58. The summed E-state index contributed by atoms with van der Waals surface area (Å²) in [5, 5.41) is 0. The molecule has 0 amide bonds. The number of ether oxygens (including phenoxy) is 2. The number of carbonyl (C=O) groups is 3. The Hall–Kier alpha value is -1.86. The van der Waals surface area contributed by atoms with Crippen molar-refractivity contribution >= 4 is 25.9 Å². The number of esters is 3. The summed E-state index contributed by atoms with van der Waals surface area (Å²) in [6.45, 7) is 5.70. The number of benzene rings is 1. The van der Waals surface area contributed by atoms with Crippen molar-refractivity contribution < 1.29 is 37.8 Å². The summed E-state index contributed by atoms with van der Waals surface area (Å²) in [4.78, 5) is 46.8. The van der Waals surface area contributed by atoms with E-state index in [0.717, 1.165) is 0 Å². The summed E-state index contributed by atoms with van der Waals surface area (Å²) in [5.74, 6) is -2.89. The van der Waals surface area contributed by atoms with Crippen LogP contribution >= 0.6 is 7.94 Å². The molecule has 0 aliphatic heterocycles. The monoisotopic (exact) mass is 416 g/mol. The third-order valence-electron chi connectivity index (χ3n) is 3.78. The van der Waals surface area contributed by atoms with Crippen molar-refractivity contribution in [1.29, 1.82) is 0 Å². The standard InChI is InChI=1S/C19H29O8P/c1-4-24-18(21)16(14-28(23,25-5-2)26-6-3)12-13-17(20)27-19(22)15-10-8-7-9-11-15/h7-11,16,23,28H,4-6,12-14H2,1-3H3. The Morgan fingerprint density at radius 3 is 2.14 bits per heavy atom. The van der Waals surface area contributed by atoms with Crippen LogP contribution in [0.1, 0.15) is 44.0 Å². The molecule has 0 aromatic heterocycles. The molecule has 0 spiro atoms. The summed E-state index contributed by atoms with van der Waals surface area (Å²) >= 11 is 0. The molecule has 0 radical (unpaired) electrons. The molecule has 1 unspecified atom stereocenters. The molecule has 0 bridgehead atoms. The van der Waals surface area contributed by atoms with Gasteiger partial charge in [0.05, 0.1) is 0 Å². The Morgan fingerprint density at radius 2 is 1.61 bits per heavy atom. The van der Waals surface area contributed by atoms with Gasteiger partial charge < -0.3 is 0 Å². The van der Waals surface area contributed by atoms with Crippen LogP contribution in [0.3, 0.4) is 0 Å². The molecule has 1 atom stereocenters. The fourth-order valence-electron chi connectivity index (χ4n) is 2.56. The van der Waals surface area contributed by atoms with Crippen LogP contribution in [-0.4, -0.2) is 48.8 Å². The zero-order valence-corrected chi connectivity index (χ0v) is 17.5. The van der Waals surface area contributed by atoms with Gasteiger partial charge in [0, 0.05) is 0 Å². The number of hydrogen-bond acceptors (Lipinski definition) is 8. The Kier molecular flexibility index (Phi) is 10.9. The van der Waals surface area contributed by atoms with Crippen molar-refractivity contribution in [1.82, 2.24) is 0 Å². The fraction of sp³-hybridized carbons (Fsp3) is 0.526. The molecule has 0 saturated heterocycles. The van der Waals surface area contributed by atoms with Crippen molar-refractivity contribution in [2.45, 2.75) is 33.6 Å². The first-order valence-electron chi connectivity index (χ1n) is 9.32. The fourth-order valence-corrected chi connectivity index (χ4v) is 4.78. The first-order chi connectivity index (χ1) is 13.3. The molecule has 158 valence electrons. The van der Waals surface area contributed by atoms with Gasteiger partial charge in [0.1, 0.15) is 0 Å². The van der Waals surface area contributed by atoms with E-state index in [4.69, 9.17) is 18.5 Å². The average molecular weight is 416 g/mol. The molecule has 0 saturated carbocycles. The van der Waals surface area contributed by atoms with Crippen molar-refractivity contribution in [3.8, 4) is 0 Å². The maximum absolute atomic E-state index is 12.2. The van der Waals surface area contributed by atoms with Crippen molar-refractivity contribution in [3.05, 3.63) is 35.9 Å². The molecular weight excluding hydrogens is 387 g/mol. The van der Waals surface area contributed by atoms with E-state index in [1.54, 1.807) is 39.0 Å². The summed E-state index contributed by atoms with van der Waals surface area (Å²) in [5.41, 5.74) is 0.257. The summed E-state index contributed by atoms with van der Waals surface area (Å²) in [6.07, 6.45) is -0.229. The molecule has 8 nitrogen and oxygen atoms in total. The second kappa shape index (κ2) is 12.6. The van der Waals surface area contributed by atoms with Crippen molar-refractivity contribution in [3.63, 3.8) is 0 Å². The minimum atomic E-state index is -3.58. The molecule has 0 aliphatic carbocycles. The van der Waals surface area contributed by atoms with Crippen LogP contribution in [0, 0.1) is 5.92 Å². The van der Waals surface area contributed by atoms with Crippen LogP contribution in [0.25, 0.3) is 0 Å². The Morgan fingerprint density at radius 1 is 1.00 bits per heavy atom. The molecule has 0 fully saturated rings. The van der Waals surface area contributed by atoms with Crippen LogP contribution in [0.15, 0.2) is 30.3 Å². The zero-order valence-electron chi connectivity index (χ0n) is 16.5. The van der Waals surface area contributed by atoms with E-state index >= 15 is 0 Å². The molecule has 0 heterocycles. The van der Waals surface area contributed by atoms with Gasteiger partial charge in [0.25, 0.3) is 0 Å². The summed E-state index contributed by atoms with van der Waals surface area (Å²) in [6, 6.07) is 8.12. The Labute approximate surface area is 165 Å². The maximum atomic E-state index is 12.2. The number of hydrogen-bond donors (Lipinski definition) is 1. The van der Waals surface area contributed by atoms with Crippen LogP contribution in [0.5, 0.6) is 0 Å². The van der Waals surface area contributed by atoms with Gasteiger partial charge in [-0.3, -0.25) is 0 Å². The van der Waals surface area contributed by atoms with Gasteiger partial charge in [-0.15, -0.1) is 0 Å². The van der Waals surface area contributed by atoms with Gasteiger partial charge in [-0.25, -0.2) is 0 Å². The van der Waals surface area contributed by atoms with Gasteiger partial charge in [-0.05, 0) is 0 Å². The first kappa shape index (κ1) is 24.2. The predicted octanol–water partition coefficient (Wildman–Crippen LogP) is 2.89. The van der Waals surface area contributed by atoms with Gasteiger partial charge in [-0.2, -0.15) is 0 Å². The molecule has 9 heteroatoms. The average Bonchev–Trinajstić information content (AvgIpc) is 2.66. The topological polar surface area (TPSA) is 108 Å². The molecule has 28 heavy (non-hydrogen) atoms. The molecule has 0 aliphatic rings. The van der Waals surface area contributed by atoms with Crippen LogP contribution in [-0.2, 0) is 28.1 Å². The molecular formula is C19H29O8P. The predicted molar refractivity (Wildman–Crippen MR) is 105 cm³/mol. The molecule has 1 rings (SSSR count). The van der Waals surface area contributed by atoms with E-state index in [1.807, 2.05) is 0 Å². The number of rotatable bonds is 12. The third-order valence-corrected chi connectivity index (χ3v) is 6.27. The third kappa shape index (κ3) is 8.44. The Bertz CT molecular complexity index is 628. The van der Waals surface area contributed by atoms with E-state index in [9.17, 15) is 19.3 Å². The van der Waals surface area contributed by atoms with Crippen LogP contribution in [0.4, 0.5) is 0 Å². The SMILES string of the molecule is CCOC(=O)C(CCC(=O)OC(=O)c1ccccc1)C[PH](O)(OCC)OCC. The summed E-state index contributed by atoms with van der Waals surface area (Å²) < 4.78 is 20.5. The zero-order chi connectivity index (χ0) is 21.0. The minimum absolute atomic E-state index is 0.0369. The quantitative estimate of drug-likeness (QED) is 0.315. The van der Waals surface area contributed by atoms with E-state index in [-0.39, 0.29) is 44.4 Å². The van der Waals surface area contributed by atoms with Gasteiger partial charge in [0.2, 0.25) is 0 Å². The van der Waals surface area contributed by atoms with Crippen LogP contribution in [0.2, 0.25) is 0 Å². The van der Waals surface area contributed by atoms with Crippen LogP contribution < -0.4 is 0 Å². The van der Waals surface area contributed by atoms with Gasteiger partial charge in [-0.1, -0.05) is 0 Å². The molecule has 1 aromatic carbocycles.